The summed E-state index contributed by atoms with van der Waals surface area (Å²) in [5.41, 5.74) is 5.67. The average Bonchev–Trinajstić information content (AvgIpc) is 2.50. The third-order valence-corrected chi connectivity index (χ3v) is 4.25. The number of Topliss-reactive ketones (excluding diaryl/α,β-unsaturated/α-hetero) is 1. The molecule has 2 N–H and O–H groups in total. The summed E-state index contributed by atoms with van der Waals surface area (Å²) in [4.78, 5) is 12.8. The van der Waals surface area contributed by atoms with Crippen molar-refractivity contribution in [3.05, 3.63) is 20.8 Å². The van der Waals surface area contributed by atoms with Crippen molar-refractivity contribution in [3.8, 4) is 0 Å². The Bertz CT molecular complexity index is 322. The molecule has 1 heterocycles. The van der Waals surface area contributed by atoms with Gasteiger partial charge in [-0.2, -0.15) is 0 Å². The van der Waals surface area contributed by atoms with E-state index in [1.54, 1.807) is 11.3 Å². The van der Waals surface area contributed by atoms with E-state index >= 15 is 0 Å². The lowest BCUT2D eigenvalue weighted by Gasteiger charge is -2.13. The molecule has 1 aromatic rings. The van der Waals surface area contributed by atoms with Gasteiger partial charge >= 0.3 is 0 Å². The van der Waals surface area contributed by atoms with Gasteiger partial charge in [-0.3, -0.25) is 4.79 Å². The Hall–Kier alpha value is -0.190. The third-order valence-electron chi connectivity index (χ3n) is 2.32. The van der Waals surface area contributed by atoms with E-state index in [1.807, 2.05) is 25.3 Å². The molecule has 2 atom stereocenters. The van der Waals surface area contributed by atoms with Gasteiger partial charge in [0, 0.05) is 27.7 Å². The first kappa shape index (κ1) is 11.9. The summed E-state index contributed by atoms with van der Waals surface area (Å²) in [5, 5.41) is 1.98. The largest absolute Gasteiger partial charge is 0.327 e. The van der Waals surface area contributed by atoms with Crippen LogP contribution in [0.2, 0.25) is 0 Å². The maximum Gasteiger partial charge on any atom is 0.142 e. The first-order chi connectivity index (χ1) is 6.52. The Morgan fingerprint density at radius 1 is 1.64 bits per heavy atom. The van der Waals surface area contributed by atoms with Gasteiger partial charge in [-0.1, -0.05) is 6.92 Å². The zero-order valence-corrected chi connectivity index (χ0v) is 10.7. The van der Waals surface area contributed by atoms with E-state index in [-0.39, 0.29) is 17.7 Å². The van der Waals surface area contributed by atoms with E-state index in [9.17, 15) is 4.79 Å². The van der Waals surface area contributed by atoms with Gasteiger partial charge in [-0.25, -0.2) is 0 Å². The Labute approximate surface area is 96.6 Å². The predicted molar refractivity (Wildman–Crippen MR) is 63.5 cm³/mol. The minimum absolute atomic E-state index is 0.0657. The number of thiophene rings is 1. The van der Waals surface area contributed by atoms with Crippen molar-refractivity contribution in [2.45, 2.75) is 26.3 Å². The molecule has 0 aliphatic heterocycles. The summed E-state index contributed by atoms with van der Waals surface area (Å²) in [5.74, 6) is 0.146. The molecule has 0 saturated heterocycles. The molecule has 0 aliphatic carbocycles. The second-order valence-corrected chi connectivity index (χ2v) is 5.34. The maximum atomic E-state index is 11.7. The van der Waals surface area contributed by atoms with E-state index < -0.39 is 0 Å². The molecule has 1 aromatic heterocycles. The number of halogens is 1. The lowest BCUT2D eigenvalue weighted by molar-refractivity contribution is -0.122. The molecule has 1 rings (SSSR count). The number of carbonyl (C=O) groups is 1. The number of carbonyl (C=O) groups excluding carboxylic acids is 1. The smallest absolute Gasteiger partial charge is 0.142 e. The summed E-state index contributed by atoms with van der Waals surface area (Å²) in [7, 11) is 0. The topological polar surface area (TPSA) is 43.1 Å². The summed E-state index contributed by atoms with van der Waals surface area (Å²) in [6.45, 7) is 3.75. The van der Waals surface area contributed by atoms with Crippen molar-refractivity contribution in [1.82, 2.24) is 0 Å². The van der Waals surface area contributed by atoms with Crippen LogP contribution in [-0.4, -0.2) is 11.8 Å². The van der Waals surface area contributed by atoms with Gasteiger partial charge in [0.25, 0.3) is 0 Å². The van der Waals surface area contributed by atoms with Gasteiger partial charge in [-0.05, 0) is 34.3 Å². The minimum Gasteiger partial charge on any atom is -0.327 e. The lowest BCUT2D eigenvalue weighted by atomic mass is 9.97. The van der Waals surface area contributed by atoms with Gasteiger partial charge in [0.15, 0.2) is 0 Å². The van der Waals surface area contributed by atoms with E-state index in [2.05, 4.69) is 15.9 Å². The molecule has 0 spiro atoms. The Morgan fingerprint density at radius 2 is 2.29 bits per heavy atom. The fourth-order valence-electron chi connectivity index (χ4n) is 1.06. The molecular formula is C10H14BrNOS. The van der Waals surface area contributed by atoms with Crippen LogP contribution >= 0.6 is 27.3 Å². The second-order valence-electron chi connectivity index (χ2n) is 3.48. The van der Waals surface area contributed by atoms with Crippen LogP contribution in [0.15, 0.2) is 15.9 Å². The quantitative estimate of drug-likeness (QED) is 0.918. The van der Waals surface area contributed by atoms with E-state index in [4.69, 9.17) is 5.73 Å². The van der Waals surface area contributed by atoms with Gasteiger partial charge in [0.2, 0.25) is 0 Å². The summed E-state index contributed by atoms with van der Waals surface area (Å²) >= 11 is 5.01. The van der Waals surface area contributed by atoms with Crippen molar-refractivity contribution < 1.29 is 4.79 Å². The van der Waals surface area contributed by atoms with Crippen molar-refractivity contribution in [3.63, 3.8) is 0 Å². The zero-order chi connectivity index (χ0) is 10.7. The lowest BCUT2D eigenvalue weighted by Crippen LogP contribution is -2.31. The number of hydrogen-bond acceptors (Lipinski definition) is 3. The molecule has 0 fully saturated rings. The number of ketones is 1. The molecule has 2 nitrogen and oxygen atoms in total. The van der Waals surface area contributed by atoms with Gasteiger partial charge in [-0.15, -0.1) is 11.3 Å². The van der Waals surface area contributed by atoms with Crippen LogP contribution in [0, 0.1) is 5.92 Å². The van der Waals surface area contributed by atoms with Crippen molar-refractivity contribution in [2.75, 3.05) is 0 Å². The molecule has 14 heavy (non-hydrogen) atoms. The Kier molecular flexibility index (Phi) is 4.29. The van der Waals surface area contributed by atoms with Gasteiger partial charge in [0.05, 0.1) is 0 Å². The SMILES string of the molecule is CC(N)C(C)C(=O)Cc1sccc1Br. The van der Waals surface area contributed by atoms with Crippen LogP contribution in [0.5, 0.6) is 0 Å². The molecule has 78 valence electrons. The van der Waals surface area contributed by atoms with Crippen LogP contribution in [0.1, 0.15) is 18.7 Å². The fourth-order valence-corrected chi connectivity index (χ4v) is 2.57. The van der Waals surface area contributed by atoms with Crippen LogP contribution in [0.4, 0.5) is 0 Å². The first-order valence-electron chi connectivity index (χ1n) is 4.52. The fraction of sp³-hybridized carbons (Fsp3) is 0.500. The highest BCUT2D eigenvalue weighted by atomic mass is 79.9. The van der Waals surface area contributed by atoms with Crippen molar-refractivity contribution in [2.24, 2.45) is 11.7 Å². The van der Waals surface area contributed by atoms with Crippen LogP contribution < -0.4 is 5.73 Å². The normalized spacial score (nSPS) is 15.1. The molecule has 0 amide bonds. The van der Waals surface area contributed by atoms with Crippen LogP contribution in [-0.2, 0) is 11.2 Å². The highest BCUT2D eigenvalue weighted by Gasteiger charge is 2.18. The third kappa shape index (κ3) is 2.90. The highest BCUT2D eigenvalue weighted by molar-refractivity contribution is 9.10. The van der Waals surface area contributed by atoms with E-state index in [1.165, 1.54) is 0 Å². The summed E-state index contributed by atoms with van der Waals surface area (Å²) in [6, 6.07) is 1.89. The first-order valence-corrected chi connectivity index (χ1v) is 6.19. The van der Waals surface area contributed by atoms with E-state index in [0.29, 0.717) is 6.42 Å². The highest BCUT2D eigenvalue weighted by Crippen LogP contribution is 2.24. The van der Waals surface area contributed by atoms with E-state index in [0.717, 1.165) is 9.35 Å². The number of rotatable bonds is 4. The summed E-state index contributed by atoms with van der Waals surface area (Å²) in [6.07, 6.45) is 0.487. The van der Waals surface area contributed by atoms with Gasteiger partial charge in [0.1, 0.15) is 5.78 Å². The second kappa shape index (κ2) is 5.05. The molecule has 0 aromatic carbocycles. The Morgan fingerprint density at radius 3 is 2.71 bits per heavy atom. The number of nitrogens with two attached hydrogens (primary N) is 1. The molecule has 0 aliphatic rings. The minimum atomic E-state index is -0.0683. The predicted octanol–water partition coefficient (Wildman–Crippen LogP) is 2.61. The molecule has 0 bridgehead atoms. The summed E-state index contributed by atoms with van der Waals surface area (Å²) < 4.78 is 1.02. The zero-order valence-electron chi connectivity index (χ0n) is 8.29. The van der Waals surface area contributed by atoms with Crippen molar-refractivity contribution >= 4 is 33.0 Å². The average molecular weight is 276 g/mol. The monoisotopic (exact) mass is 275 g/mol. The van der Waals surface area contributed by atoms with Gasteiger partial charge < -0.3 is 5.73 Å². The molecular weight excluding hydrogens is 262 g/mol. The molecule has 0 radical (unpaired) electrons. The number of hydrogen-bond donors (Lipinski definition) is 1. The molecule has 0 saturated carbocycles. The van der Waals surface area contributed by atoms with Crippen LogP contribution in [0.3, 0.4) is 0 Å². The van der Waals surface area contributed by atoms with Crippen molar-refractivity contribution in [1.29, 1.82) is 0 Å². The molecule has 4 heteroatoms. The standard InChI is InChI=1S/C10H14BrNOS/c1-6(7(2)12)9(13)5-10-8(11)3-4-14-10/h3-4,6-7H,5,12H2,1-2H3. The van der Waals surface area contributed by atoms with Crippen LogP contribution in [0.25, 0.3) is 0 Å². The maximum absolute atomic E-state index is 11.7. The Balaban J connectivity index is 2.62. The molecule has 2 unspecified atom stereocenters.